The minimum Gasteiger partial charge on any atom is -0.369 e. The third kappa shape index (κ3) is 4.45. The van der Waals surface area contributed by atoms with E-state index in [4.69, 9.17) is 0 Å². The number of halogens is 7. The highest BCUT2D eigenvalue weighted by atomic mass is 79.9. The quantitative estimate of drug-likeness (QED) is 0.522. The number of aliphatic hydroxyl groups is 1. The number of rotatable bonds is 6. The van der Waals surface area contributed by atoms with Crippen LogP contribution < -0.4 is 4.31 Å². The second-order valence-electron chi connectivity index (χ2n) is 6.28. The van der Waals surface area contributed by atoms with Gasteiger partial charge in [-0.2, -0.15) is 26.3 Å². The molecule has 2 rings (SSSR count). The minimum atomic E-state index is -6.03. The number of benzene rings is 2. The lowest BCUT2D eigenvalue weighted by Gasteiger charge is -2.33. The van der Waals surface area contributed by atoms with Gasteiger partial charge in [-0.1, -0.05) is 35.0 Å². The molecule has 0 bridgehead atoms. The Kier molecular flexibility index (Phi) is 6.84. The van der Waals surface area contributed by atoms with Crippen molar-refractivity contribution in [1.82, 2.24) is 0 Å². The van der Waals surface area contributed by atoms with E-state index in [0.29, 0.717) is 23.0 Å². The molecule has 0 fully saturated rings. The van der Waals surface area contributed by atoms with E-state index in [2.05, 4.69) is 15.9 Å². The summed E-state index contributed by atoms with van der Waals surface area (Å²) in [6.07, 6.45) is -11.7. The molecule has 0 spiro atoms. The average molecular weight is 520 g/mol. The van der Waals surface area contributed by atoms with Gasteiger partial charge < -0.3 is 5.11 Å². The summed E-state index contributed by atoms with van der Waals surface area (Å²) in [7, 11) is -4.13. The zero-order chi connectivity index (χ0) is 23.0. The largest absolute Gasteiger partial charge is 0.430 e. The van der Waals surface area contributed by atoms with Gasteiger partial charge in [0.05, 0.1) is 10.6 Å². The molecule has 2 aromatic rings. The molecule has 0 heterocycles. The van der Waals surface area contributed by atoms with Crippen LogP contribution in [0.15, 0.2) is 57.9 Å². The van der Waals surface area contributed by atoms with Gasteiger partial charge in [0.1, 0.15) is 0 Å². The Labute approximate surface area is 177 Å². The smallest absolute Gasteiger partial charge is 0.369 e. The predicted molar refractivity (Wildman–Crippen MR) is 101 cm³/mol. The highest BCUT2D eigenvalue weighted by Gasteiger charge is 2.71. The predicted octanol–water partition coefficient (Wildman–Crippen LogP) is 5.37. The maximum atomic E-state index is 13.0. The first kappa shape index (κ1) is 24.5. The Morgan fingerprint density at radius 3 is 1.77 bits per heavy atom. The van der Waals surface area contributed by atoms with Crippen LogP contribution in [0, 0.1) is 0 Å². The number of nitrogens with zero attached hydrogens (tertiary/aromatic N) is 1. The molecule has 0 aliphatic rings. The second kappa shape index (κ2) is 8.39. The molecular formula is C18H16BrF6NO3S. The fourth-order valence-corrected chi connectivity index (χ4v) is 4.50. The van der Waals surface area contributed by atoms with E-state index in [1.165, 1.54) is 24.3 Å². The molecule has 0 saturated carbocycles. The number of anilines is 1. The second-order valence-corrected chi connectivity index (χ2v) is 9.06. The van der Waals surface area contributed by atoms with E-state index in [-0.39, 0.29) is 17.1 Å². The third-order valence-electron chi connectivity index (χ3n) is 4.22. The summed E-state index contributed by atoms with van der Waals surface area (Å²) in [5, 5.41) is 9.47. The Hall–Kier alpha value is -1.79. The Bertz CT molecular complexity index is 959. The van der Waals surface area contributed by atoms with Crippen molar-refractivity contribution in [3.63, 3.8) is 0 Å². The molecule has 2 aromatic carbocycles. The monoisotopic (exact) mass is 519 g/mol. The molecule has 0 saturated heterocycles. The topological polar surface area (TPSA) is 57.6 Å². The van der Waals surface area contributed by atoms with E-state index in [1.54, 1.807) is 6.92 Å². The zero-order valence-corrected chi connectivity index (χ0v) is 17.7. The van der Waals surface area contributed by atoms with Gasteiger partial charge in [-0.25, -0.2) is 8.42 Å². The van der Waals surface area contributed by atoms with Crippen LogP contribution in [0.4, 0.5) is 32.0 Å². The first-order valence-corrected chi connectivity index (χ1v) is 10.6. The van der Waals surface area contributed by atoms with Crippen molar-refractivity contribution >= 4 is 31.6 Å². The molecule has 0 aromatic heterocycles. The molecule has 166 valence electrons. The van der Waals surface area contributed by atoms with E-state index < -0.39 is 33.5 Å². The molecular weight excluding hydrogens is 504 g/mol. The normalized spacial score (nSPS) is 13.4. The average Bonchev–Trinajstić information content (AvgIpc) is 2.64. The summed E-state index contributed by atoms with van der Waals surface area (Å²) in [6.45, 7) is 1.59. The summed E-state index contributed by atoms with van der Waals surface area (Å²) in [5.41, 5.74) is -6.70. The maximum absolute atomic E-state index is 13.0. The van der Waals surface area contributed by atoms with Gasteiger partial charge in [-0.3, -0.25) is 4.31 Å². The van der Waals surface area contributed by atoms with Crippen molar-refractivity contribution in [3.8, 4) is 0 Å². The van der Waals surface area contributed by atoms with Gasteiger partial charge in [0.25, 0.3) is 15.6 Å². The SMILES string of the molecule is CCCN(c1ccc(C(O)(C(F)(F)F)C(F)(F)F)cc1)S(=O)(=O)c1ccc(Br)cc1. The Morgan fingerprint density at radius 2 is 1.37 bits per heavy atom. The Balaban J connectivity index is 2.53. The van der Waals surface area contributed by atoms with Gasteiger partial charge in [-0.05, 0) is 42.8 Å². The lowest BCUT2D eigenvalue weighted by Crippen LogP contribution is -2.53. The molecule has 0 amide bonds. The van der Waals surface area contributed by atoms with Crippen LogP contribution in [-0.4, -0.2) is 32.4 Å². The van der Waals surface area contributed by atoms with E-state index in [0.717, 1.165) is 16.4 Å². The number of alkyl halides is 6. The molecule has 0 aliphatic heterocycles. The number of sulfonamides is 1. The fraction of sp³-hybridized carbons (Fsp3) is 0.333. The van der Waals surface area contributed by atoms with Gasteiger partial charge in [0, 0.05) is 16.6 Å². The number of hydrogen-bond acceptors (Lipinski definition) is 3. The molecule has 0 atom stereocenters. The summed E-state index contributed by atoms with van der Waals surface area (Å²) in [4.78, 5) is -0.106. The first-order valence-electron chi connectivity index (χ1n) is 8.41. The maximum Gasteiger partial charge on any atom is 0.430 e. The van der Waals surface area contributed by atoms with Gasteiger partial charge >= 0.3 is 12.4 Å². The van der Waals surface area contributed by atoms with Crippen LogP contribution in [0.3, 0.4) is 0 Å². The van der Waals surface area contributed by atoms with Crippen LogP contribution in [0.25, 0.3) is 0 Å². The fourth-order valence-electron chi connectivity index (χ4n) is 2.68. The molecule has 0 aliphatic carbocycles. The Morgan fingerprint density at radius 1 is 0.900 bits per heavy atom. The van der Waals surface area contributed by atoms with Crippen molar-refractivity contribution in [1.29, 1.82) is 0 Å². The van der Waals surface area contributed by atoms with Crippen LogP contribution >= 0.6 is 15.9 Å². The van der Waals surface area contributed by atoms with Crippen molar-refractivity contribution in [2.24, 2.45) is 0 Å². The lowest BCUT2D eigenvalue weighted by molar-refractivity contribution is -0.376. The van der Waals surface area contributed by atoms with E-state index in [9.17, 15) is 39.9 Å². The van der Waals surface area contributed by atoms with Gasteiger partial charge in [-0.15, -0.1) is 0 Å². The molecule has 30 heavy (non-hydrogen) atoms. The van der Waals surface area contributed by atoms with E-state index >= 15 is 0 Å². The van der Waals surface area contributed by atoms with Crippen molar-refractivity contribution in [2.75, 3.05) is 10.8 Å². The summed E-state index contributed by atoms with van der Waals surface area (Å²) >= 11 is 3.17. The minimum absolute atomic E-state index is 0.0689. The highest BCUT2D eigenvalue weighted by Crippen LogP contribution is 2.50. The van der Waals surface area contributed by atoms with Crippen molar-refractivity contribution in [3.05, 3.63) is 58.6 Å². The molecule has 4 nitrogen and oxygen atoms in total. The summed E-state index contributed by atoms with van der Waals surface area (Å²) in [5.74, 6) is 0. The lowest BCUT2D eigenvalue weighted by atomic mass is 9.92. The van der Waals surface area contributed by atoms with Gasteiger partial charge in [0.15, 0.2) is 0 Å². The van der Waals surface area contributed by atoms with E-state index in [1.807, 2.05) is 0 Å². The van der Waals surface area contributed by atoms with Crippen LogP contribution in [0.1, 0.15) is 18.9 Å². The van der Waals surface area contributed by atoms with Gasteiger partial charge in [0.2, 0.25) is 0 Å². The first-order chi connectivity index (χ1) is 13.7. The zero-order valence-electron chi connectivity index (χ0n) is 15.3. The number of hydrogen-bond donors (Lipinski definition) is 1. The summed E-state index contributed by atoms with van der Waals surface area (Å²) < 4.78 is 106. The molecule has 1 N–H and O–H groups in total. The van der Waals surface area contributed by atoms with Crippen LogP contribution in [-0.2, 0) is 15.6 Å². The van der Waals surface area contributed by atoms with Crippen LogP contribution in [0.2, 0.25) is 0 Å². The van der Waals surface area contributed by atoms with Crippen molar-refractivity contribution < 1.29 is 39.9 Å². The van der Waals surface area contributed by atoms with Crippen molar-refractivity contribution in [2.45, 2.75) is 36.2 Å². The molecule has 12 heteroatoms. The third-order valence-corrected chi connectivity index (χ3v) is 6.59. The summed E-state index contributed by atoms with van der Waals surface area (Å²) in [6, 6.07) is 7.99. The standard InChI is InChI=1S/C18H16BrF6NO3S/c1-2-11-26(30(28,29)15-9-5-13(19)6-10-15)14-7-3-12(4-8-14)16(27,17(20,21)22)18(23,24)25/h3-10,27H,2,11H2,1H3. The highest BCUT2D eigenvalue weighted by molar-refractivity contribution is 9.10. The molecule has 0 radical (unpaired) electrons. The molecule has 0 unspecified atom stereocenters. The van der Waals surface area contributed by atoms with Crippen LogP contribution in [0.5, 0.6) is 0 Å².